The second kappa shape index (κ2) is 20.4. The van der Waals surface area contributed by atoms with E-state index in [0.717, 1.165) is 37.7 Å². The van der Waals surface area contributed by atoms with Gasteiger partial charge in [0.15, 0.2) is 0 Å². The van der Waals surface area contributed by atoms with E-state index in [4.69, 9.17) is 10.5 Å². The maximum atomic E-state index is 14.1. The molecular formula is C36H59ClN6O5. The first-order chi connectivity index (χ1) is 22.3. The SMILES string of the molecule is CC(C)[C@@H](CCN)C[C@H](O)[C@H](CC1CCCCC1)NC(=O)[C@H](Cc1cnc[nH]1)NC(=O)[C@H](Cc1ccccc1)NC(=O)OC(C)(C)C.Cl. The van der Waals surface area contributed by atoms with E-state index in [2.05, 4.69) is 39.8 Å². The number of alkyl carbamates (subject to hydrolysis) is 1. The van der Waals surface area contributed by atoms with Crippen LogP contribution in [-0.4, -0.2) is 69.4 Å². The minimum absolute atomic E-state index is 0. The molecule has 270 valence electrons. The second-order valence-electron chi connectivity index (χ2n) is 14.5. The normalized spacial score (nSPS) is 16.9. The molecule has 3 rings (SSSR count). The lowest BCUT2D eigenvalue weighted by molar-refractivity contribution is -0.131. The highest BCUT2D eigenvalue weighted by Gasteiger charge is 2.33. The van der Waals surface area contributed by atoms with Crippen molar-refractivity contribution in [2.45, 2.75) is 129 Å². The van der Waals surface area contributed by atoms with E-state index < -0.39 is 47.7 Å². The molecule has 3 amide bonds. The molecule has 1 aromatic heterocycles. The number of amides is 3. The van der Waals surface area contributed by atoms with Gasteiger partial charge in [-0.2, -0.15) is 0 Å². The summed E-state index contributed by atoms with van der Waals surface area (Å²) in [6.07, 6.45) is 9.64. The Kier molecular flexibility index (Phi) is 17.4. The van der Waals surface area contributed by atoms with Gasteiger partial charge in [-0.05, 0) is 69.9 Å². The van der Waals surface area contributed by atoms with Crippen LogP contribution in [0.3, 0.4) is 0 Å². The van der Waals surface area contributed by atoms with Crippen LogP contribution in [0.5, 0.6) is 0 Å². The van der Waals surface area contributed by atoms with Gasteiger partial charge in [0.1, 0.15) is 17.7 Å². The molecule has 1 aromatic carbocycles. The van der Waals surface area contributed by atoms with Gasteiger partial charge in [0, 0.05) is 24.7 Å². The number of hydrogen-bond acceptors (Lipinski definition) is 7. The topological polar surface area (TPSA) is 171 Å². The van der Waals surface area contributed by atoms with Crippen molar-refractivity contribution in [2.75, 3.05) is 6.54 Å². The number of aromatic amines is 1. The number of aromatic nitrogens is 2. The number of aliphatic hydroxyl groups is 1. The van der Waals surface area contributed by atoms with Crippen LogP contribution in [0.4, 0.5) is 4.79 Å². The Balaban J connectivity index is 0.00000800. The summed E-state index contributed by atoms with van der Waals surface area (Å²) >= 11 is 0. The number of nitrogens with two attached hydrogens (primary N) is 1. The maximum absolute atomic E-state index is 14.1. The molecule has 1 fully saturated rings. The summed E-state index contributed by atoms with van der Waals surface area (Å²) in [6, 6.07) is 6.87. The van der Waals surface area contributed by atoms with Crippen LogP contribution in [0.25, 0.3) is 0 Å². The molecule has 11 nitrogen and oxygen atoms in total. The third kappa shape index (κ3) is 14.5. The van der Waals surface area contributed by atoms with Crippen LogP contribution < -0.4 is 21.7 Å². The number of nitrogens with zero attached hydrogens (tertiary/aromatic N) is 1. The average Bonchev–Trinajstić information content (AvgIpc) is 3.53. The first-order valence-corrected chi connectivity index (χ1v) is 17.3. The monoisotopic (exact) mass is 690 g/mol. The van der Waals surface area contributed by atoms with Crippen LogP contribution in [0, 0.1) is 17.8 Å². The molecule has 1 saturated carbocycles. The summed E-state index contributed by atoms with van der Waals surface area (Å²) in [5.41, 5.74) is 6.65. The van der Waals surface area contributed by atoms with E-state index in [1.165, 1.54) is 12.7 Å². The number of H-pyrrole nitrogens is 1. The Hall–Kier alpha value is -3.15. The molecule has 48 heavy (non-hydrogen) atoms. The number of nitrogens with one attached hydrogen (secondary N) is 4. The van der Waals surface area contributed by atoms with Gasteiger partial charge < -0.3 is 36.5 Å². The van der Waals surface area contributed by atoms with E-state index >= 15 is 0 Å². The number of aliphatic hydroxyl groups excluding tert-OH is 1. The molecule has 1 heterocycles. The quantitative estimate of drug-likeness (QED) is 0.138. The molecule has 0 bridgehead atoms. The minimum Gasteiger partial charge on any atom is -0.444 e. The molecule has 0 saturated heterocycles. The van der Waals surface area contributed by atoms with Crippen molar-refractivity contribution in [3.8, 4) is 0 Å². The third-order valence-corrected chi connectivity index (χ3v) is 9.03. The highest BCUT2D eigenvalue weighted by molar-refractivity contribution is 5.91. The number of imidazole rings is 1. The van der Waals surface area contributed by atoms with E-state index in [1.54, 1.807) is 27.0 Å². The predicted octanol–water partition coefficient (Wildman–Crippen LogP) is 4.82. The lowest BCUT2D eigenvalue weighted by Gasteiger charge is -2.34. The van der Waals surface area contributed by atoms with Crippen LogP contribution in [-0.2, 0) is 27.2 Å². The summed E-state index contributed by atoms with van der Waals surface area (Å²) in [5, 5.41) is 20.3. The average molecular weight is 691 g/mol. The van der Waals surface area contributed by atoms with Crippen molar-refractivity contribution in [3.63, 3.8) is 0 Å². The van der Waals surface area contributed by atoms with Gasteiger partial charge in [0.25, 0.3) is 0 Å². The predicted molar refractivity (Wildman–Crippen MR) is 191 cm³/mol. The lowest BCUT2D eigenvalue weighted by Crippen LogP contribution is -2.57. The Morgan fingerprint density at radius 3 is 2.23 bits per heavy atom. The fourth-order valence-electron chi connectivity index (χ4n) is 6.40. The highest BCUT2D eigenvalue weighted by Crippen LogP contribution is 2.30. The molecule has 0 unspecified atom stereocenters. The zero-order valence-corrected chi connectivity index (χ0v) is 30.2. The second-order valence-corrected chi connectivity index (χ2v) is 14.5. The smallest absolute Gasteiger partial charge is 0.408 e. The standard InChI is InChI=1S/C36H58N6O5.ClH/c1-24(2)27(16-17-37)20-32(43)29(18-25-12-8-6-9-13-25)40-34(45)31(21-28-22-38-23-39-28)41-33(44)30(19-26-14-10-7-11-15-26)42-35(46)47-36(3,4)5;/h7,10-11,14-15,22-25,27,29-32,43H,6,8-9,12-13,16-21,37H2,1-5H3,(H,38,39)(H,40,45)(H,41,44)(H,42,46);1H/t27-,29-,30-,31-,32-;/m0./s1. The van der Waals surface area contributed by atoms with Crippen LogP contribution in [0.15, 0.2) is 42.9 Å². The number of ether oxygens (including phenoxy) is 1. The van der Waals surface area contributed by atoms with Crippen molar-refractivity contribution in [1.82, 2.24) is 25.9 Å². The molecule has 12 heteroatoms. The Morgan fingerprint density at radius 1 is 1.00 bits per heavy atom. The summed E-state index contributed by atoms with van der Waals surface area (Å²) in [7, 11) is 0. The summed E-state index contributed by atoms with van der Waals surface area (Å²) in [5.74, 6) is 0.0456. The van der Waals surface area contributed by atoms with Gasteiger partial charge in [0.2, 0.25) is 11.8 Å². The summed E-state index contributed by atoms with van der Waals surface area (Å²) in [4.78, 5) is 47.9. The van der Waals surface area contributed by atoms with Gasteiger partial charge in [-0.1, -0.05) is 76.3 Å². The molecule has 1 aliphatic rings. The lowest BCUT2D eigenvalue weighted by atomic mass is 9.80. The van der Waals surface area contributed by atoms with Gasteiger partial charge in [-0.3, -0.25) is 9.59 Å². The van der Waals surface area contributed by atoms with Gasteiger partial charge in [0.05, 0.1) is 18.5 Å². The third-order valence-electron chi connectivity index (χ3n) is 9.03. The Labute approximate surface area is 292 Å². The zero-order chi connectivity index (χ0) is 34.4. The number of carbonyl (C=O) groups is 3. The molecule has 5 atom stereocenters. The molecule has 2 aromatic rings. The van der Waals surface area contributed by atoms with Gasteiger partial charge in [-0.25, -0.2) is 9.78 Å². The Morgan fingerprint density at radius 2 is 1.65 bits per heavy atom. The van der Waals surface area contributed by atoms with Crippen molar-refractivity contribution in [2.24, 2.45) is 23.5 Å². The fraction of sp³-hybridized carbons (Fsp3) is 0.667. The van der Waals surface area contributed by atoms with E-state index in [0.29, 0.717) is 36.9 Å². The number of halogens is 1. The van der Waals surface area contributed by atoms with Crippen molar-refractivity contribution in [1.29, 1.82) is 0 Å². The molecule has 1 aliphatic carbocycles. The van der Waals surface area contributed by atoms with Crippen molar-refractivity contribution >= 4 is 30.3 Å². The number of hydrogen-bond donors (Lipinski definition) is 6. The van der Waals surface area contributed by atoms with E-state index in [9.17, 15) is 19.5 Å². The molecule has 0 spiro atoms. The Bertz CT molecular complexity index is 1220. The fourth-order valence-corrected chi connectivity index (χ4v) is 6.40. The van der Waals surface area contributed by atoms with E-state index in [1.807, 2.05) is 30.3 Å². The molecule has 7 N–H and O–H groups in total. The van der Waals surface area contributed by atoms with Crippen LogP contribution >= 0.6 is 12.4 Å². The highest BCUT2D eigenvalue weighted by atomic mass is 35.5. The molecule has 0 aliphatic heterocycles. The maximum Gasteiger partial charge on any atom is 0.408 e. The molecular weight excluding hydrogens is 632 g/mol. The number of rotatable bonds is 17. The zero-order valence-electron chi connectivity index (χ0n) is 29.4. The van der Waals surface area contributed by atoms with Crippen molar-refractivity contribution in [3.05, 3.63) is 54.1 Å². The van der Waals surface area contributed by atoms with Gasteiger partial charge in [-0.15, -0.1) is 12.4 Å². The van der Waals surface area contributed by atoms with Gasteiger partial charge >= 0.3 is 6.09 Å². The van der Waals surface area contributed by atoms with Crippen LogP contribution in [0.1, 0.15) is 97.2 Å². The number of carbonyl (C=O) groups excluding carboxylic acids is 3. The van der Waals surface area contributed by atoms with E-state index in [-0.39, 0.29) is 31.2 Å². The summed E-state index contributed by atoms with van der Waals surface area (Å²) < 4.78 is 5.45. The first-order valence-electron chi connectivity index (χ1n) is 17.3. The largest absolute Gasteiger partial charge is 0.444 e. The van der Waals surface area contributed by atoms with Crippen LogP contribution in [0.2, 0.25) is 0 Å². The van der Waals surface area contributed by atoms with Crippen molar-refractivity contribution < 1.29 is 24.2 Å². The first kappa shape index (κ1) is 41.0. The minimum atomic E-state index is -1.00. The molecule has 0 radical (unpaired) electrons. The number of benzene rings is 1. The summed E-state index contributed by atoms with van der Waals surface area (Å²) in [6.45, 7) is 10.1.